The molecule has 35 heavy (non-hydrogen) atoms. The summed E-state index contributed by atoms with van der Waals surface area (Å²) in [7, 11) is 3.10. The van der Waals surface area contributed by atoms with Gasteiger partial charge in [-0.05, 0) is 67.3 Å². The molecule has 1 fully saturated rings. The summed E-state index contributed by atoms with van der Waals surface area (Å²) in [5, 5.41) is 4.00. The van der Waals surface area contributed by atoms with Crippen LogP contribution in [-0.2, 0) is 9.47 Å². The second-order valence-corrected chi connectivity index (χ2v) is 8.78. The van der Waals surface area contributed by atoms with E-state index in [1.807, 2.05) is 6.07 Å². The molecule has 2 aromatic heterocycles. The molecule has 0 bridgehead atoms. The highest BCUT2D eigenvalue weighted by atomic mass is 19.1. The predicted molar refractivity (Wildman–Crippen MR) is 129 cm³/mol. The SMILES string of the molecule is COCCOC[C@@H](NC(=O)c1cnc(OC)nc1)C1CCC(c2ccnc3ccc(F)cc23)CC1. The number of amides is 1. The fraction of sp³-hybridized carbons (Fsp3) is 0.462. The van der Waals surface area contributed by atoms with Gasteiger partial charge in [0.1, 0.15) is 5.82 Å². The van der Waals surface area contributed by atoms with Crippen LogP contribution in [0.4, 0.5) is 4.39 Å². The number of pyridine rings is 1. The van der Waals surface area contributed by atoms with Gasteiger partial charge in [0.25, 0.3) is 5.91 Å². The van der Waals surface area contributed by atoms with Gasteiger partial charge in [0, 0.05) is 31.1 Å². The first-order chi connectivity index (χ1) is 17.1. The predicted octanol–water partition coefficient (Wildman–Crippen LogP) is 3.91. The van der Waals surface area contributed by atoms with E-state index in [2.05, 4.69) is 20.3 Å². The summed E-state index contributed by atoms with van der Waals surface area (Å²) in [6.45, 7) is 1.34. The molecule has 1 aromatic carbocycles. The van der Waals surface area contributed by atoms with Gasteiger partial charge in [-0.25, -0.2) is 14.4 Å². The minimum atomic E-state index is -0.251. The third kappa shape index (κ3) is 6.29. The van der Waals surface area contributed by atoms with Crippen molar-refractivity contribution in [3.8, 4) is 6.01 Å². The molecule has 2 heterocycles. The van der Waals surface area contributed by atoms with Gasteiger partial charge >= 0.3 is 6.01 Å². The second kappa shape index (κ2) is 12.0. The van der Waals surface area contributed by atoms with Crippen LogP contribution in [0.25, 0.3) is 10.9 Å². The molecule has 8 nitrogen and oxygen atoms in total. The van der Waals surface area contributed by atoms with Crippen molar-refractivity contribution in [3.63, 3.8) is 0 Å². The van der Waals surface area contributed by atoms with Crippen LogP contribution in [0.2, 0.25) is 0 Å². The lowest BCUT2D eigenvalue weighted by atomic mass is 9.75. The zero-order chi connectivity index (χ0) is 24.6. The monoisotopic (exact) mass is 482 g/mol. The number of nitrogens with zero attached hydrogens (tertiary/aromatic N) is 3. The molecule has 4 rings (SSSR count). The van der Waals surface area contributed by atoms with Crippen molar-refractivity contribution < 1.29 is 23.4 Å². The Bertz CT molecular complexity index is 1120. The number of benzene rings is 1. The Kier molecular flexibility index (Phi) is 8.54. The van der Waals surface area contributed by atoms with E-state index in [0.29, 0.717) is 31.3 Å². The Hall–Kier alpha value is -3.17. The number of carbonyl (C=O) groups excluding carboxylic acids is 1. The summed E-state index contributed by atoms with van der Waals surface area (Å²) in [6, 6.07) is 6.81. The zero-order valence-corrected chi connectivity index (χ0v) is 20.1. The van der Waals surface area contributed by atoms with Crippen molar-refractivity contribution in [2.45, 2.75) is 37.6 Å². The molecule has 1 amide bonds. The summed E-state index contributed by atoms with van der Waals surface area (Å²) in [6.07, 6.45) is 8.42. The van der Waals surface area contributed by atoms with Crippen LogP contribution in [0.1, 0.15) is 47.5 Å². The van der Waals surface area contributed by atoms with Crippen molar-refractivity contribution in [1.29, 1.82) is 0 Å². The average molecular weight is 483 g/mol. The van der Waals surface area contributed by atoms with E-state index in [1.54, 1.807) is 25.4 Å². The van der Waals surface area contributed by atoms with Crippen LogP contribution in [-0.4, -0.2) is 60.9 Å². The quantitative estimate of drug-likeness (QED) is 0.438. The van der Waals surface area contributed by atoms with E-state index in [-0.39, 0.29) is 29.7 Å². The number of hydrogen-bond donors (Lipinski definition) is 1. The molecule has 1 atom stereocenters. The largest absolute Gasteiger partial charge is 0.467 e. The van der Waals surface area contributed by atoms with Crippen LogP contribution in [0.15, 0.2) is 42.9 Å². The molecule has 1 aliphatic rings. The number of rotatable bonds is 10. The molecule has 9 heteroatoms. The van der Waals surface area contributed by atoms with Gasteiger partial charge in [-0.3, -0.25) is 9.78 Å². The average Bonchev–Trinajstić information content (AvgIpc) is 2.90. The number of carbonyl (C=O) groups is 1. The molecule has 1 N–H and O–H groups in total. The van der Waals surface area contributed by atoms with Gasteiger partial charge in [-0.15, -0.1) is 0 Å². The molecule has 1 aliphatic carbocycles. The van der Waals surface area contributed by atoms with Crippen LogP contribution in [0.3, 0.4) is 0 Å². The maximum absolute atomic E-state index is 13.9. The number of aromatic nitrogens is 3. The maximum atomic E-state index is 13.9. The van der Waals surface area contributed by atoms with Gasteiger partial charge in [0.2, 0.25) is 0 Å². The highest BCUT2D eigenvalue weighted by molar-refractivity contribution is 5.93. The summed E-state index contributed by atoms with van der Waals surface area (Å²) in [5.74, 6) is 0.0747. The molecule has 0 saturated heterocycles. The molecule has 0 spiro atoms. The highest BCUT2D eigenvalue weighted by Gasteiger charge is 2.30. The zero-order valence-electron chi connectivity index (χ0n) is 20.1. The van der Waals surface area contributed by atoms with Crippen molar-refractivity contribution in [2.75, 3.05) is 34.0 Å². The van der Waals surface area contributed by atoms with Crippen LogP contribution >= 0.6 is 0 Å². The molecule has 0 aliphatic heterocycles. The van der Waals surface area contributed by atoms with E-state index < -0.39 is 0 Å². The fourth-order valence-corrected chi connectivity index (χ4v) is 4.77. The number of methoxy groups -OCH3 is 2. The van der Waals surface area contributed by atoms with Crippen molar-refractivity contribution in [2.24, 2.45) is 5.92 Å². The minimum Gasteiger partial charge on any atom is -0.467 e. The first kappa shape index (κ1) is 24.9. The second-order valence-electron chi connectivity index (χ2n) is 8.78. The Morgan fingerprint density at radius 1 is 1.09 bits per heavy atom. The van der Waals surface area contributed by atoms with Crippen LogP contribution < -0.4 is 10.1 Å². The van der Waals surface area contributed by atoms with Crippen molar-refractivity contribution in [3.05, 3.63) is 59.8 Å². The summed E-state index contributed by atoms with van der Waals surface area (Å²) < 4.78 is 29.8. The fourth-order valence-electron chi connectivity index (χ4n) is 4.77. The van der Waals surface area contributed by atoms with Crippen LogP contribution in [0, 0.1) is 11.7 Å². The molecule has 186 valence electrons. The lowest BCUT2D eigenvalue weighted by Crippen LogP contribution is -2.45. The summed E-state index contributed by atoms with van der Waals surface area (Å²) in [5.41, 5.74) is 2.32. The van der Waals surface area contributed by atoms with E-state index in [0.717, 1.165) is 42.1 Å². The van der Waals surface area contributed by atoms with E-state index in [4.69, 9.17) is 14.2 Å². The minimum absolute atomic E-state index is 0.158. The van der Waals surface area contributed by atoms with Crippen LogP contribution in [0.5, 0.6) is 6.01 Å². The Morgan fingerprint density at radius 3 is 2.57 bits per heavy atom. The summed E-state index contributed by atoms with van der Waals surface area (Å²) in [4.78, 5) is 25.3. The van der Waals surface area contributed by atoms with Gasteiger partial charge in [-0.1, -0.05) is 0 Å². The summed E-state index contributed by atoms with van der Waals surface area (Å²) >= 11 is 0. The number of ether oxygens (including phenoxy) is 3. The lowest BCUT2D eigenvalue weighted by Gasteiger charge is -2.34. The Balaban J connectivity index is 1.43. The first-order valence-corrected chi connectivity index (χ1v) is 11.9. The van der Waals surface area contributed by atoms with E-state index in [1.165, 1.54) is 25.6 Å². The third-order valence-corrected chi connectivity index (χ3v) is 6.64. The topological polar surface area (TPSA) is 95.5 Å². The molecule has 0 radical (unpaired) electrons. The standard InChI is InChI=1S/C26H31FN4O4/c1-33-11-12-35-16-24(31-25(32)19-14-29-26(34-2)30-15-19)18-5-3-17(4-6-18)21-9-10-28-23-8-7-20(27)13-22(21)23/h7-10,13-15,17-18,24H,3-6,11-12,16H2,1-2H3,(H,31,32)/t17?,18?,24-/m1/s1. The molecular weight excluding hydrogens is 451 g/mol. The van der Waals surface area contributed by atoms with Gasteiger partial charge in [0.05, 0.1) is 44.1 Å². The number of halogens is 1. The first-order valence-electron chi connectivity index (χ1n) is 11.9. The number of fused-ring (bicyclic) bond motifs is 1. The van der Waals surface area contributed by atoms with Gasteiger partial charge < -0.3 is 19.5 Å². The molecule has 1 saturated carbocycles. The normalized spacial score (nSPS) is 18.8. The van der Waals surface area contributed by atoms with Crippen molar-refractivity contribution in [1.82, 2.24) is 20.3 Å². The lowest BCUT2D eigenvalue weighted by molar-refractivity contribution is 0.0422. The highest BCUT2D eigenvalue weighted by Crippen LogP contribution is 2.39. The van der Waals surface area contributed by atoms with Crippen molar-refractivity contribution >= 4 is 16.8 Å². The Morgan fingerprint density at radius 2 is 1.86 bits per heavy atom. The molecule has 0 unspecified atom stereocenters. The van der Waals surface area contributed by atoms with E-state index in [9.17, 15) is 9.18 Å². The third-order valence-electron chi connectivity index (χ3n) is 6.64. The number of nitrogens with one attached hydrogen (secondary N) is 1. The Labute approximate surface area is 204 Å². The van der Waals surface area contributed by atoms with E-state index >= 15 is 0 Å². The maximum Gasteiger partial charge on any atom is 0.316 e. The molecule has 3 aromatic rings. The molecular formula is C26H31FN4O4. The van der Waals surface area contributed by atoms with Gasteiger partial charge in [0.15, 0.2) is 0 Å². The van der Waals surface area contributed by atoms with Gasteiger partial charge in [-0.2, -0.15) is 0 Å². The smallest absolute Gasteiger partial charge is 0.316 e. The number of hydrogen-bond acceptors (Lipinski definition) is 7.